The van der Waals surface area contributed by atoms with E-state index >= 15 is 0 Å². The summed E-state index contributed by atoms with van der Waals surface area (Å²) in [7, 11) is 0. The van der Waals surface area contributed by atoms with Gasteiger partial charge in [0.15, 0.2) is 0 Å². The highest BCUT2D eigenvalue weighted by Gasteiger charge is 2.19. The van der Waals surface area contributed by atoms with Gasteiger partial charge in [-0.05, 0) is 60.6 Å². The third-order valence-electron chi connectivity index (χ3n) is 4.83. The fourth-order valence-corrected chi connectivity index (χ4v) is 3.43. The SMILES string of the molecule is C=CCc1ccccc1OCC(O)CNC1CCc2cc(O)ccc2C1.Cl. The van der Waals surface area contributed by atoms with Gasteiger partial charge in [0, 0.05) is 12.6 Å². The number of hydrogen-bond acceptors (Lipinski definition) is 4. The van der Waals surface area contributed by atoms with Gasteiger partial charge in [0.2, 0.25) is 0 Å². The number of aliphatic hydroxyl groups excluding tert-OH is 1. The number of allylic oxidation sites excluding steroid dienone is 1. The van der Waals surface area contributed by atoms with Gasteiger partial charge in [-0.3, -0.25) is 0 Å². The minimum atomic E-state index is -0.562. The van der Waals surface area contributed by atoms with E-state index in [9.17, 15) is 10.2 Å². The van der Waals surface area contributed by atoms with Gasteiger partial charge < -0.3 is 20.3 Å². The van der Waals surface area contributed by atoms with E-state index in [1.54, 1.807) is 6.07 Å². The molecule has 0 amide bonds. The van der Waals surface area contributed by atoms with Crippen LogP contribution in [0.2, 0.25) is 0 Å². The molecule has 1 aliphatic carbocycles. The Morgan fingerprint density at radius 2 is 2.04 bits per heavy atom. The second-order valence-electron chi connectivity index (χ2n) is 6.87. The second-order valence-corrected chi connectivity index (χ2v) is 6.87. The summed E-state index contributed by atoms with van der Waals surface area (Å²) in [5, 5.41) is 23.3. The number of phenolic OH excluding ortho intramolecular Hbond substituents is 1. The Labute approximate surface area is 167 Å². The lowest BCUT2D eigenvalue weighted by Crippen LogP contribution is -2.40. The monoisotopic (exact) mass is 389 g/mol. The smallest absolute Gasteiger partial charge is 0.122 e. The lowest BCUT2D eigenvalue weighted by Gasteiger charge is -2.26. The molecule has 0 saturated heterocycles. The molecule has 27 heavy (non-hydrogen) atoms. The molecule has 0 saturated carbocycles. The third kappa shape index (κ3) is 5.99. The summed E-state index contributed by atoms with van der Waals surface area (Å²) in [5.41, 5.74) is 3.58. The first-order valence-corrected chi connectivity index (χ1v) is 9.19. The van der Waals surface area contributed by atoms with E-state index in [-0.39, 0.29) is 19.0 Å². The molecule has 5 heteroatoms. The van der Waals surface area contributed by atoms with Crippen molar-refractivity contribution in [2.24, 2.45) is 0 Å². The predicted octanol–water partition coefficient (Wildman–Crippen LogP) is 3.43. The zero-order chi connectivity index (χ0) is 18.4. The average molecular weight is 390 g/mol. The van der Waals surface area contributed by atoms with E-state index in [0.717, 1.165) is 37.0 Å². The lowest BCUT2D eigenvalue weighted by molar-refractivity contribution is 0.102. The summed E-state index contributed by atoms with van der Waals surface area (Å²) >= 11 is 0. The Morgan fingerprint density at radius 3 is 2.85 bits per heavy atom. The van der Waals surface area contributed by atoms with Crippen molar-refractivity contribution in [1.82, 2.24) is 5.32 Å². The molecule has 2 unspecified atom stereocenters. The first kappa shape index (κ1) is 21.3. The third-order valence-corrected chi connectivity index (χ3v) is 4.83. The summed E-state index contributed by atoms with van der Waals surface area (Å²) < 4.78 is 5.80. The molecule has 4 nitrogen and oxygen atoms in total. The number of fused-ring (bicyclic) bond motifs is 1. The van der Waals surface area contributed by atoms with E-state index in [1.165, 1.54) is 11.1 Å². The number of halogens is 1. The standard InChI is InChI=1S/C22H27NO3.ClH/c1-2-5-16-6-3-4-7-22(16)26-15-21(25)14-23-19-10-8-18-13-20(24)11-9-17(18)12-19;/h2-4,6-7,9,11,13,19,21,23-25H,1,5,8,10,12,14-15H2;1H. The number of ether oxygens (including phenoxy) is 1. The number of phenols is 1. The van der Waals surface area contributed by atoms with Crippen LogP contribution in [0.3, 0.4) is 0 Å². The Balaban J connectivity index is 0.00000261. The molecule has 1 aliphatic rings. The highest BCUT2D eigenvalue weighted by molar-refractivity contribution is 5.85. The average Bonchev–Trinajstić information content (AvgIpc) is 2.66. The van der Waals surface area contributed by atoms with E-state index < -0.39 is 6.10 Å². The van der Waals surface area contributed by atoms with Crippen LogP contribution in [0.4, 0.5) is 0 Å². The molecular weight excluding hydrogens is 362 g/mol. The normalized spacial score (nSPS) is 16.7. The van der Waals surface area contributed by atoms with Crippen molar-refractivity contribution < 1.29 is 14.9 Å². The molecule has 3 rings (SSSR count). The van der Waals surface area contributed by atoms with Crippen molar-refractivity contribution in [3.05, 3.63) is 71.8 Å². The topological polar surface area (TPSA) is 61.7 Å². The molecule has 0 aromatic heterocycles. The molecule has 3 N–H and O–H groups in total. The van der Waals surface area contributed by atoms with Crippen molar-refractivity contribution in [3.63, 3.8) is 0 Å². The van der Waals surface area contributed by atoms with Crippen LogP contribution in [-0.4, -0.2) is 35.5 Å². The summed E-state index contributed by atoms with van der Waals surface area (Å²) in [4.78, 5) is 0. The maximum Gasteiger partial charge on any atom is 0.122 e. The van der Waals surface area contributed by atoms with Gasteiger partial charge in [0.05, 0.1) is 0 Å². The number of rotatable bonds is 8. The Kier molecular flexibility index (Phi) is 8.17. The Morgan fingerprint density at radius 1 is 1.22 bits per heavy atom. The van der Waals surface area contributed by atoms with Crippen LogP contribution in [0.15, 0.2) is 55.1 Å². The van der Waals surface area contributed by atoms with Crippen LogP contribution >= 0.6 is 12.4 Å². The van der Waals surface area contributed by atoms with E-state index in [4.69, 9.17) is 4.74 Å². The van der Waals surface area contributed by atoms with Gasteiger partial charge >= 0.3 is 0 Å². The van der Waals surface area contributed by atoms with Crippen LogP contribution in [-0.2, 0) is 19.3 Å². The zero-order valence-electron chi connectivity index (χ0n) is 15.4. The Hall–Kier alpha value is -2.01. The van der Waals surface area contributed by atoms with Gasteiger partial charge in [-0.15, -0.1) is 19.0 Å². The minimum Gasteiger partial charge on any atom is -0.508 e. The first-order chi connectivity index (χ1) is 12.7. The second kappa shape index (κ2) is 10.4. The van der Waals surface area contributed by atoms with Gasteiger partial charge in [0.1, 0.15) is 24.2 Å². The fourth-order valence-electron chi connectivity index (χ4n) is 3.43. The van der Waals surface area contributed by atoms with Gasteiger partial charge in [-0.1, -0.05) is 30.3 Å². The van der Waals surface area contributed by atoms with Crippen LogP contribution < -0.4 is 10.1 Å². The van der Waals surface area contributed by atoms with Gasteiger partial charge in [-0.25, -0.2) is 0 Å². The number of hydrogen-bond donors (Lipinski definition) is 3. The molecule has 2 atom stereocenters. The molecule has 0 radical (unpaired) electrons. The highest BCUT2D eigenvalue weighted by Crippen LogP contribution is 2.25. The number of nitrogens with one attached hydrogen (secondary N) is 1. The number of aromatic hydroxyl groups is 1. The van der Waals surface area contributed by atoms with E-state index in [0.29, 0.717) is 18.3 Å². The quantitative estimate of drug-likeness (QED) is 0.605. The number of benzene rings is 2. The highest BCUT2D eigenvalue weighted by atomic mass is 35.5. The number of para-hydroxylation sites is 1. The van der Waals surface area contributed by atoms with E-state index in [2.05, 4.69) is 11.9 Å². The summed E-state index contributed by atoms with van der Waals surface area (Å²) in [6.07, 6.45) is 4.91. The minimum absolute atomic E-state index is 0. The molecule has 0 aliphatic heterocycles. The molecule has 0 fully saturated rings. The molecule has 0 spiro atoms. The van der Waals surface area contributed by atoms with Crippen molar-refractivity contribution >= 4 is 12.4 Å². The molecular formula is C22H28ClNO3. The van der Waals surface area contributed by atoms with Crippen LogP contribution in [0.1, 0.15) is 23.1 Å². The van der Waals surface area contributed by atoms with Crippen molar-refractivity contribution in [2.75, 3.05) is 13.2 Å². The maximum absolute atomic E-state index is 10.3. The predicted molar refractivity (Wildman–Crippen MR) is 111 cm³/mol. The lowest BCUT2D eigenvalue weighted by atomic mass is 9.88. The number of aryl methyl sites for hydroxylation is 1. The Bertz CT molecular complexity index is 750. The maximum atomic E-state index is 10.3. The largest absolute Gasteiger partial charge is 0.508 e. The van der Waals surface area contributed by atoms with Gasteiger partial charge in [-0.2, -0.15) is 0 Å². The summed E-state index contributed by atoms with van der Waals surface area (Å²) in [6.45, 7) is 4.53. The first-order valence-electron chi connectivity index (χ1n) is 9.19. The summed E-state index contributed by atoms with van der Waals surface area (Å²) in [5.74, 6) is 1.14. The van der Waals surface area contributed by atoms with E-state index in [1.807, 2.05) is 42.5 Å². The van der Waals surface area contributed by atoms with Crippen molar-refractivity contribution in [2.45, 2.75) is 37.8 Å². The number of aliphatic hydroxyl groups is 1. The van der Waals surface area contributed by atoms with Crippen LogP contribution in [0.25, 0.3) is 0 Å². The molecule has 0 bridgehead atoms. The van der Waals surface area contributed by atoms with Crippen LogP contribution in [0.5, 0.6) is 11.5 Å². The fraction of sp³-hybridized carbons (Fsp3) is 0.364. The summed E-state index contributed by atoms with van der Waals surface area (Å²) in [6, 6.07) is 13.8. The van der Waals surface area contributed by atoms with Crippen LogP contribution in [0, 0.1) is 0 Å². The molecule has 0 heterocycles. The zero-order valence-corrected chi connectivity index (χ0v) is 16.3. The van der Waals surface area contributed by atoms with Gasteiger partial charge in [0.25, 0.3) is 0 Å². The molecule has 2 aromatic carbocycles. The van der Waals surface area contributed by atoms with Crippen molar-refractivity contribution in [1.29, 1.82) is 0 Å². The molecule has 2 aromatic rings. The van der Waals surface area contributed by atoms with Crippen molar-refractivity contribution in [3.8, 4) is 11.5 Å². The molecule has 146 valence electrons.